The minimum Gasteiger partial charge on any atom is -0.481 e. The summed E-state index contributed by atoms with van der Waals surface area (Å²) in [6.45, 7) is 1.26. The van der Waals surface area contributed by atoms with Gasteiger partial charge in [-0.1, -0.05) is 24.3 Å². The minimum absolute atomic E-state index is 0.00308. The van der Waals surface area contributed by atoms with Crippen LogP contribution in [-0.4, -0.2) is 40.0 Å². The van der Waals surface area contributed by atoms with Crippen LogP contribution in [0.15, 0.2) is 36.7 Å². The monoisotopic (exact) mass is 310 g/mol. The second kappa shape index (κ2) is 5.05. The Bertz CT molecular complexity index is 788. The van der Waals surface area contributed by atoms with E-state index >= 15 is 0 Å². The van der Waals surface area contributed by atoms with Gasteiger partial charge in [0.25, 0.3) is 5.91 Å². The maximum atomic E-state index is 12.8. The van der Waals surface area contributed by atoms with Gasteiger partial charge < -0.3 is 10.0 Å². The van der Waals surface area contributed by atoms with E-state index in [9.17, 15) is 9.59 Å². The van der Waals surface area contributed by atoms with Gasteiger partial charge in [0, 0.05) is 30.9 Å². The van der Waals surface area contributed by atoms with Gasteiger partial charge in [0.15, 0.2) is 0 Å². The zero-order valence-corrected chi connectivity index (χ0v) is 12.7. The van der Waals surface area contributed by atoms with Crippen LogP contribution in [0.1, 0.15) is 29.6 Å². The summed E-state index contributed by atoms with van der Waals surface area (Å²) >= 11 is 0. The summed E-state index contributed by atoms with van der Waals surface area (Å²) < 4.78 is 0. The van der Waals surface area contributed by atoms with Crippen LogP contribution < -0.4 is 0 Å². The molecule has 2 aliphatic rings. The van der Waals surface area contributed by atoms with E-state index in [1.54, 1.807) is 12.4 Å². The van der Waals surface area contributed by atoms with E-state index in [1.807, 2.05) is 29.2 Å². The summed E-state index contributed by atoms with van der Waals surface area (Å²) in [6.07, 6.45) is 5.73. The summed E-state index contributed by atoms with van der Waals surface area (Å²) in [5, 5.41) is 11.0. The summed E-state index contributed by atoms with van der Waals surface area (Å²) in [7, 11) is 0. The number of amides is 1. The lowest BCUT2D eigenvalue weighted by Gasteiger charge is -2.32. The van der Waals surface area contributed by atoms with Crippen molar-refractivity contribution in [2.24, 2.45) is 11.3 Å². The van der Waals surface area contributed by atoms with Crippen LogP contribution in [0.4, 0.5) is 0 Å². The molecule has 1 saturated heterocycles. The Morgan fingerprint density at radius 2 is 1.91 bits per heavy atom. The third kappa shape index (κ3) is 2.27. The Hall–Kier alpha value is -2.43. The Balaban J connectivity index is 1.53. The molecule has 118 valence electrons. The molecule has 1 unspecified atom stereocenters. The number of fused-ring (bicyclic) bond motifs is 1. The van der Waals surface area contributed by atoms with Crippen molar-refractivity contribution in [3.05, 3.63) is 42.2 Å². The highest BCUT2D eigenvalue weighted by Gasteiger charge is 2.59. The number of carboxylic acids is 1. The molecule has 5 nitrogen and oxygen atoms in total. The topological polar surface area (TPSA) is 70.5 Å². The van der Waals surface area contributed by atoms with Gasteiger partial charge in [-0.3, -0.25) is 14.6 Å². The van der Waals surface area contributed by atoms with Crippen LogP contribution in [0.2, 0.25) is 0 Å². The van der Waals surface area contributed by atoms with Crippen LogP contribution >= 0.6 is 0 Å². The average molecular weight is 310 g/mol. The van der Waals surface area contributed by atoms with Crippen molar-refractivity contribution in [2.75, 3.05) is 13.1 Å². The predicted octanol–water partition coefficient (Wildman–Crippen LogP) is 2.56. The zero-order valence-electron chi connectivity index (χ0n) is 12.7. The van der Waals surface area contributed by atoms with Crippen LogP contribution in [-0.2, 0) is 4.79 Å². The highest BCUT2D eigenvalue weighted by Crippen LogP contribution is 2.59. The lowest BCUT2D eigenvalue weighted by atomic mass is 9.90. The molecule has 1 saturated carbocycles. The molecule has 2 aromatic rings. The molecule has 1 aliphatic heterocycles. The molecule has 1 amide bonds. The van der Waals surface area contributed by atoms with Crippen LogP contribution in [0.5, 0.6) is 0 Å². The van der Waals surface area contributed by atoms with E-state index in [2.05, 4.69) is 4.98 Å². The standard InChI is InChI=1S/C18H18N2O3/c21-16(14-11-19-10-12-3-1-2-4-13(12)14)20-7-5-18(6-8-20)9-15(18)17(22)23/h1-4,10-11,15H,5-9H2,(H,22,23). The van der Waals surface area contributed by atoms with Crippen LogP contribution in [0.3, 0.4) is 0 Å². The van der Waals surface area contributed by atoms with Crippen molar-refractivity contribution in [3.8, 4) is 0 Å². The van der Waals surface area contributed by atoms with E-state index in [1.165, 1.54) is 0 Å². The summed E-state index contributed by atoms with van der Waals surface area (Å²) in [4.78, 5) is 30.0. The van der Waals surface area contributed by atoms with E-state index in [0.717, 1.165) is 30.0 Å². The first kappa shape index (κ1) is 14.2. The largest absolute Gasteiger partial charge is 0.481 e. The lowest BCUT2D eigenvalue weighted by molar-refractivity contribution is -0.139. The maximum Gasteiger partial charge on any atom is 0.307 e. The summed E-state index contributed by atoms with van der Waals surface area (Å²) in [6, 6.07) is 7.75. The fourth-order valence-electron chi connectivity index (χ4n) is 3.86. The number of piperidine rings is 1. The molecule has 0 radical (unpaired) electrons. The number of hydrogen-bond acceptors (Lipinski definition) is 3. The van der Waals surface area contributed by atoms with Crippen molar-refractivity contribution in [1.29, 1.82) is 0 Å². The fraction of sp³-hybridized carbons (Fsp3) is 0.389. The van der Waals surface area contributed by atoms with Gasteiger partial charge in [-0.05, 0) is 30.1 Å². The maximum absolute atomic E-state index is 12.8. The Morgan fingerprint density at radius 1 is 1.17 bits per heavy atom. The van der Waals surface area contributed by atoms with E-state index in [-0.39, 0.29) is 17.2 Å². The van der Waals surface area contributed by atoms with E-state index in [0.29, 0.717) is 18.7 Å². The van der Waals surface area contributed by atoms with E-state index in [4.69, 9.17) is 5.11 Å². The predicted molar refractivity (Wildman–Crippen MR) is 85.1 cm³/mol. The van der Waals surface area contributed by atoms with Gasteiger partial charge in [0.1, 0.15) is 0 Å². The van der Waals surface area contributed by atoms with E-state index < -0.39 is 5.97 Å². The van der Waals surface area contributed by atoms with Crippen molar-refractivity contribution in [3.63, 3.8) is 0 Å². The zero-order chi connectivity index (χ0) is 16.0. The Kier molecular flexibility index (Phi) is 3.11. The van der Waals surface area contributed by atoms with Crippen LogP contribution in [0.25, 0.3) is 10.8 Å². The van der Waals surface area contributed by atoms with Gasteiger partial charge in [-0.15, -0.1) is 0 Å². The van der Waals surface area contributed by atoms with Gasteiger partial charge in [-0.2, -0.15) is 0 Å². The minimum atomic E-state index is -0.692. The van der Waals surface area contributed by atoms with Crippen molar-refractivity contribution < 1.29 is 14.7 Å². The number of aromatic nitrogens is 1. The number of likely N-dealkylation sites (tertiary alicyclic amines) is 1. The lowest BCUT2D eigenvalue weighted by Crippen LogP contribution is -2.40. The number of pyridine rings is 1. The summed E-state index contributed by atoms with van der Waals surface area (Å²) in [5.41, 5.74) is 0.573. The SMILES string of the molecule is O=C(O)C1CC12CCN(C(=O)c1cncc3ccccc13)CC2. The van der Waals surface area contributed by atoms with Crippen molar-refractivity contribution in [2.45, 2.75) is 19.3 Å². The van der Waals surface area contributed by atoms with Crippen LogP contribution in [0, 0.1) is 11.3 Å². The summed E-state index contributed by atoms with van der Waals surface area (Å²) in [5.74, 6) is -0.904. The molecule has 1 spiro atoms. The number of hydrogen-bond donors (Lipinski definition) is 1. The second-order valence-corrected chi connectivity index (χ2v) is 6.66. The molecule has 23 heavy (non-hydrogen) atoms. The average Bonchev–Trinajstić information content (AvgIpc) is 3.28. The third-order valence-corrected chi connectivity index (χ3v) is 5.43. The molecule has 1 aromatic carbocycles. The number of benzene rings is 1. The normalized spacial score (nSPS) is 22.3. The molecule has 2 heterocycles. The molecule has 1 aliphatic carbocycles. The van der Waals surface area contributed by atoms with Gasteiger partial charge in [0.05, 0.1) is 11.5 Å². The molecule has 5 heteroatoms. The van der Waals surface area contributed by atoms with Crippen molar-refractivity contribution >= 4 is 22.6 Å². The number of aliphatic carboxylic acids is 1. The Morgan fingerprint density at radius 3 is 2.61 bits per heavy atom. The molecule has 1 aromatic heterocycles. The molecule has 0 bridgehead atoms. The Labute approximate surface area is 133 Å². The van der Waals surface area contributed by atoms with Gasteiger partial charge in [0.2, 0.25) is 0 Å². The fourth-order valence-corrected chi connectivity index (χ4v) is 3.86. The molecular formula is C18H18N2O3. The molecule has 2 fully saturated rings. The molecule has 4 rings (SSSR count). The van der Waals surface area contributed by atoms with Crippen molar-refractivity contribution in [1.82, 2.24) is 9.88 Å². The third-order valence-electron chi connectivity index (χ3n) is 5.43. The molecule has 1 atom stereocenters. The number of nitrogens with zero attached hydrogens (tertiary/aromatic N) is 2. The highest BCUT2D eigenvalue weighted by molar-refractivity contribution is 6.06. The quantitative estimate of drug-likeness (QED) is 0.925. The molecular weight excluding hydrogens is 292 g/mol. The smallest absolute Gasteiger partial charge is 0.307 e. The number of carbonyl (C=O) groups excluding carboxylic acids is 1. The number of carbonyl (C=O) groups is 2. The molecule has 1 N–H and O–H groups in total. The first-order chi connectivity index (χ1) is 11.1. The number of carboxylic acid groups (broad SMARTS) is 1. The second-order valence-electron chi connectivity index (χ2n) is 6.66. The first-order valence-electron chi connectivity index (χ1n) is 7.96. The highest BCUT2D eigenvalue weighted by atomic mass is 16.4. The van der Waals surface area contributed by atoms with Gasteiger partial charge in [-0.25, -0.2) is 0 Å². The van der Waals surface area contributed by atoms with Gasteiger partial charge >= 0.3 is 5.97 Å². The number of rotatable bonds is 2. The first-order valence-corrected chi connectivity index (χ1v) is 7.96.